The highest BCUT2D eigenvalue weighted by molar-refractivity contribution is 9.10. The Labute approximate surface area is 356 Å². The molecule has 0 unspecified atom stereocenters. The Balaban J connectivity index is 0.00000567. The van der Waals surface area contributed by atoms with E-state index in [9.17, 15) is 32.4 Å². The van der Waals surface area contributed by atoms with Gasteiger partial charge in [0.05, 0.1) is 34.8 Å². The lowest BCUT2D eigenvalue weighted by Crippen LogP contribution is -2.55. The standard InChI is InChI=1S/C36H38BrClN10O8S.BrH/c37-26-18-28-25(17-27(26)38)34(51)47(20-42-28)19-24(49)16-29-30(6-3-7-39-29)56-36(53)45-57(54,55)48-12-10-46(11-13-48)35(52)44-32-31(40-8-9-41-32)33(50)43-23-14-21-4-1-2-5-22(21)15-23;/h1-2,4-5,8-9,17-18,20,23,29-30,39H,3,6-7,10-16,19H2,(H,43,50)(H,45,53)(H,41,44,52);1H/t29-,30+;/m0./s1. The third kappa shape index (κ3) is 10.0. The van der Waals surface area contributed by atoms with Gasteiger partial charge in [-0.05, 0) is 71.4 Å². The fourth-order valence-electron chi connectivity index (χ4n) is 7.19. The largest absolute Gasteiger partial charge is 0.444 e. The third-order valence-electron chi connectivity index (χ3n) is 10.0. The number of piperidine rings is 1. The summed E-state index contributed by atoms with van der Waals surface area (Å²) in [7, 11) is -4.37. The zero-order valence-corrected chi connectivity index (χ0v) is 35.6. The topological polar surface area (TPSA) is 227 Å². The van der Waals surface area contributed by atoms with Crippen molar-refractivity contribution in [3.63, 3.8) is 0 Å². The number of urea groups is 1. The Morgan fingerprint density at radius 1 is 1.00 bits per heavy atom. The molecule has 2 atom stereocenters. The molecular weight excluding hydrogens is 928 g/mol. The van der Waals surface area contributed by atoms with Crippen LogP contribution in [0.4, 0.5) is 15.4 Å². The predicted molar refractivity (Wildman–Crippen MR) is 221 cm³/mol. The molecular formula is C36H39Br2ClN10O8S. The van der Waals surface area contributed by atoms with Crippen molar-refractivity contribution in [2.24, 2.45) is 0 Å². The zero-order valence-electron chi connectivity index (χ0n) is 30.7. The van der Waals surface area contributed by atoms with Crippen LogP contribution in [0.2, 0.25) is 5.02 Å². The molecule has 18 nitrogen and oxygen atoms in total. The summed E-state index contributed by atoms with van der Waals surface area (Å²) >= 11 is 9.46. The van der Waals surface area contributed by atoms with Gasteiger partial charge in [0.25, 0.3) is 11.5 Å². The number of rotatable bonds is 10. The maximum absolute atomic E-state index is 13.2. The van der Waals surface area contributed by atoms with E-state index in [4.69, 9.17) is 16.3 Å². The number of aromatic nitrogens is 4. The minimum absolute atomic E-state index is 0. The van der Waals surface area contributed by atoms with E-state index >= 15 is 0 Å². The highest BCUT2D eigenvalue weighted by Crippen LogP contribution is 2.26. The van der Waals surface area contributed by atoms with Crippen molar-refractivity contribution in [2.75, 3.05) is 38.0 Å². The van der Waals surface area contributed by atoms with E-state index in [1.807, 2.05) is 29.0 Å². The summed E-state index contributed by atoms with van der Waals surface area (Å²) in [6.45, 7) is -0.0683. The van der Waals surface area contributed by atoms with E-state index in [1.54, 1.807) is 6.07 Å². The van der Waals surface area contributed by atoms with Crippen molar-refractivity contribution in [1.29, 1.82) is 0 Å². The Morgan fingerprint density at radius 3 is 2.43 bits per heavy atom. The van der Waals surface area contributed by atoms with E-state index in [-0.39, 0.29) is 84.8 Å². The highest BCUT2D eigenvalue weighted by Gasteiger charge is 2.35. The number of piperazine rings is 1. The lowest BCUT2D eigenvalue weighted by Gasteiger charge is -2.34. The molecule has 2 saturated heterocycles. The average Bonchev–Trinajstić information content (AvgIpc) is 3.60. The molecule has 2 aliphatic heterocycles. The fraction of sp³-hybridized carbons (Fsp3) is 0.389. The maximum Gasteiger partial charge on any atom is 0.422 e. The smallest absolute Gasteiger partial charge is 0.422 e. The molecule has 4 aromatic rings. The van der Waals surface area contributed by atoms with E-state index in [0.29, 0.717) is 47.2 Å². The van der Waals surface area contributed by atoms with Crippen LogP contribution in [0, 0.1) is 0 Å². The number of hydrogen-bond acceptors (Lipinski definition) is 12. The number of ether oxygens (including phenoxy) is 1. The minimum atomic E-state index is -4.37. The number of ketones is 1. The van der Waals surface area contributed by atoms with Gasteiger partial charge in [-0.2, -0.15) is 12.7 Å². The summed E-state index contributed by atoms with van der Waals surface area (Å²) in [6.07, 6.45) is 4.17. The number of nitrogens with one attached hydrogen (secondary N) is 4. The summed E-state index contributed by atoms with van der Waals surface area (Å²) < 4.78 is 36.6. The molecule has 2 aromatic carbocycles. The Kier molecular flexibility index (Phi) is 13.8. The van der Waals surface area contributed by atoms with Gasteiger partial charge in [0.15, 0.2) is 17.3 Å². The lowest BCUT2D eigenvalue weighted by atomic mass is 9.96. The first kappa shape index (κ1) is 43.0. The molecule has 58 heavy (non-hydrogen) atoms. The van der Waals surface area contributed by atoms with Crippen molar-refractivity contribution >= 4 is 95.3 Å². The van der Waals surface area contributed by atoms with E-state index in [1.165, 1.54) is 34.3 Å². The van der Waals surface area contributed by atoms with Gasteiger partial charge >= 0.3 is 22.3 Å². The second-order valence-corrected chi connectivity index (χ2v) is 16.8. The second kappa shape index (κ2) is 18.6. The van der Waals surface area contributed by atoms with Gasteiger partial charge in [-0.3, -0.25) is 24.3 Å². The molecule has 3 aliphatic rings. The highest BCUT2D eigenvalue weighted by atomic mass is 79.9. The molecule has 0 bridgehead atoms. The van der Waals surface area contributed by atoms with Crippen molar-refractivity contribution in [2.45, 2.75) is 56.8 Å². The molecule has 4 heterocycles. The maximum atomic E-state index is 13.2. The van der Waals surface area contributed by atoms with Crippen LogP contribution in [-0.2, 0) is 39.1 Å². The first-order valence-corrected chi connectivity index (χ1v) is 20.8. The minimum Gasteiger partial charge on any atom is -0.444 e. The first-order chi connectivity index (χ1) is 27.3. The molecule has 2 fully saturated rings. The zero-order chi connectivity index (χ0) is 40.3. The van der Waals surface area contributed by atoms with Gasteiger partial charge in [-0.25, -0.2) is 29.3 Å². The number of Topliss-reactive ketones (excluding diaryl/α,β-unsaturated/α-hetero) is 1. The summed E-state index contributed by atoms with van der Waals surface area (Å²) in [5.41, 5.74) is 2.25. The normalized spacial score (nSPS) is 18.5. The van der Waals surface area contributed by atoms with Crippen molar-refractivity contribution in [3.05, 3.63) is 91.8 Å². The van der Waals surface area contributed by atoms with E-state index in [2.05, 4.69) is 46.8 Å². The first-order valence-electron chi connectivity index (χ1n) is 18.2. The van der Waals surface area contributed by atoms with Crippen LogP contribution < -0.4 is 26.2 Å². The Hall–Kier alpha value is -4.54. The molecule has 4 amide bonds. The monoisotopic (exact) mass is 964 g/mol. The average molecular weight is 967 g/mol. The second-order valence-electron chi connectivity index (χ2n) is 13.9. The third-order valence-corrected chi connectivity index (χ3v) is 12.7. The summed E-state index contributed by atoms with van der Waals surface area (Å²) in [6, 6.07) is 9.68. The Bertz CT molecular complexity index is 2370. The number of nitrogens with zero attached hydrogens (tertiary/aromatic N) is 6. The van der Waals surface area contributed by atoms with Gasteiger partial charge in [-0.15, -0.1) is 17.0 Å². The van der Waals surface area contributed by atoms with Gasteiger partial charge < -0.3 is 20.3 Å². The molecule has 7 rings (SSSR count). The molecule has 0 radical (unpaired) electrons. The van der Waals surface area contributed by atoms with Gasteiger partial charge in [0.1, 0.15) is 6.10 Å². The lowest BCUT2D eigenvalue weighted by molar-refractivity contribution is -0.121. The van der Waals surface area contributed by atoms with E-state index in [0.717, 1.165) is 15.4 Å². The molecule has 0 saturated carbocycles. The van der Waals surface area contributed by atoms with Crippen LogP contribution in [0.3, 0.4) is 0 Å². The summed E-state index contributed by atoms with van der Waals surface area (Å²) in [4.78, 5) is 79.3. The van der Waals surface area contributed by atoms with Crippen LogP contribution in [0.1, 0.15) is 40.9 Å². The van der Waals surface area contributed by atoms with Crippen LogP contribution >= 0.6 is 44.5 Å². The number of halogens is 3. The van der Waals surface area contributed by atoms with E-state index < -0.39 is 45.9 Å². The van der Waals surface area contributed by atoms with Crippen LogP contribution in [-0.4, -0.2) is 112 Å². The molecule has 0 spiro atoms. The van der Waals surface area contributed by atoms with Crippen LogP contribution in [0.5, 0.6) is 0 Å². The summed E-state index contributed by atoms with van der Waals surface area (Å²) in [5, 5.41) is 9.31. The number of anilines is 1. The van der Waals surface area contributed by atoms with Crippen molar-refractivity contribution in [1.82, 2.24) is 44.1 Å². The number of carbonyl (C=O) groups is 4. The molecule has 308 valence electrons. The number of carbonyl (C=O) groups excluding carboxylic acids is 4. The van der Waals surface area contributed by atoms with Gasteiger partial charge in [0, 0.05) is 55.5 Å². The van der Waals surface area contributed by atoms with Crippen LogP contribution in [0.15, 0.2) is 64.4 Å². The number of benzene rings is 2. The van der Waals surface area contributed by atoms with Gasteiger partial charge in [0.2, 0.25) is 0 Å². The van der Waals surface area contributed by atoms with Crippen molar-refractivity contribution in [3.8, 4) is 0 Å². The SMILES string of the molecule is Br.O=C(C[C@@H]1NCCC[C@H]1OC(=O)NS(=O)(=O)N1CCN(C(=O)Nc2nccnc2C(=O)NC2Cc3ccccc3C2)CC1)Cn1cnc2cc(Br)c(Cl)cc2c1=O. The fourth-order valence-corrected chi connectivity index (χ4v) is 8.71. The molecule has 2 aromatic heterocycles. The Morgan fingerprint density at radius 2 is 1.71 bits per heavy atom. The molecule has 22 heteroatoms. The van der Waals surface area contributed by atoms with Crippen LogP contribution in [0.25, 0.3) is 10.9 Å². The quantitative estimate of drug-likeness (QED) is 0.180. The van der Waals surface area contributed by atoms with Gasteiger partial charge in [-0.1, -0.05) is 35.9 Å². The molecule has 1 aliphatic carbocycles. The predicted octanol–water partition coefficient (Wildman–Crippen LogP) is 2.98. The number of fused-ring (bicyclic) bond motifs is 2. The number of hydrogen-bond donors (Lipinski definition) is 4. The van der Waals surface area contributed by atoms with Crippen molar-refractivity contribution < 1.29 is 32.3 Å². The number of amides is 4. The molecule has 4 N–H and O–H groups in total. The summed E-state index contributed by atoms with van der Waals surface area (Å²) in [5.74, 6) is -0.855.